The minimum Gasteiger partial charge on any atom is -0.367 e. The van der Waals surface area contributed by atoms with Gasteiger partial charge >= 0.3 is 6.18 Å². The fraction of sp³-hybridized carbons (Fsp3) is 0.667. The van der Waals surface area contributed by atoms with Gasteiger partial charge in [-0.15, -0.1) is 0 Å². The summed E-state index contributed by atoms with van der Waals surface area (Å²) >= 11 is 1.61. The molecule has 0 saturated heterocycles. The van der Waals surface area contributed by atoms with Crippen LogP contribution in [-0.2, 0) is 6.18 Å². The summed E-state index contributed by atoms with van der Waals surface area (Å²) in [6.07, 6.45) is -1.76. The summed E-state index contributed by atoms with van der Waals surface area (Å²) in [5.74, 6) is 0.969. The number of hydrogen-bond acceptors (Lipinski definition) is 5. The molecule has 1 rings (SSSR count). The second kappa shape index (κ2) is 7.56. The molecule has 1 aromatic rings. The average Bonchev–Trinajstić information content (AvgIpc) is 2.35. The molecule has 0 aliphatic carbocycles. The lowest BCUT2D eigenvalue weighted by Gasteiger charge is -2.16. The molecule has 0 aromatic carbocycles. The van der Waals surface area contributed by atoms with E-state index in [2.05, 4.69) is 20.6 Å². The van der Waals surface area contributed by atoms with Crippen LogP contribution in [0.1, 0.15) is 26.0 Å². The Kier molecular flexibility index (Phi) is 6.38. The van der Waals surface area contributed by atoms with Crippen LogP contribution in [0.2, 0.25) is 0 Å². The van der Waals surface area contributed by atoms with Gasteiger partial charge in [0.2, 0.25) is 5.95 Å². The predicted octanol–water partition coefficient (Wildman–Crippen LogP) is 3.48. The molecule has 0 aliphatic rings. The van der Waals surface area contributed by atoms with Crippen LogP contribution in [0.3, 0.4) is 0 Å². The first kappa shape index (κ1) is 16.9. The molecule has 0 amide bonds. The van der Waals surface area contributed by atoms with Crippen LogP contribution >= 0.6 is 11.8 Å². The van der Waals surface area contributed by atoms with Gasteiger partial charge in [-0.25, -0.2) is 4.98 Å². The maximum atomic E-state index is 12.8. The normalized spacial score (nSPS) is 13.1. The highest BCUT2D eigenvalue weighted by Gasteiger charge is 2.33. The van der Waals surface area contributed by atoms with Gasteiger partial charge in [-0.3, -0.25) is 0 Å². The molecule has 0 bridgehead atoms. The smallest absolute Gasteiger partial charge is 0.367 e. The summed E-state index contributed by atoms with van der Waals surface area (Å²) < 4.78 is 38.4. The molecule has 20 heavy (non-hydrogen) atoms. The van der Waals surface area contributed by atoms with Crippen molar-refractivity contribution in [2.45, 2.75) is 32.5 Å². The average molecular weight is 308 g/mol. The van der Waals surface area contributed by atoms with Crippen LogP contribution in [0, 0.1) is 0 Å². The van der Waals surface area contributed by atoms with Gasteiger partial charge in [-0.05, 0) is 19.6 Å². The number of nitrogens with one attached hydrogen (secondary N) is 2. The van der Waals surface area contributed by atoms with Crippen LogP contribution in [0.25, 0.3) is 0 Å². The maximum Gasteiger partial charge on any atom is 0.433 e. The summed E-state index contributed by atoms with van der Waals surface area (Å²) in [4.78, 5) is 7.57. The van der Waals surface area contributed by atoms with Crippen LogP contribution in [0.15, 0.2) is 6.07 Å². The lowest BCUT2D eigenvalue weighted by molar-refractivity contribution is -0.141. The largest absolute Gasteiger partial charge is 0.433 e. The zero-order chi connectivity index (χ0) is 15.2. The van der Waals surface area contributed by atoms with E-state index in [0.29, 0.717) is 6.54 Å². The van der Waals surface area contributed by atoms with Gasteiger partial charge in [0, 0.05) is 24.4 Å². The molecule has 114 valence electrons. The van der Waals surface area contributed by atoms with Gasteiger partial charge < -0.3 is 10.6 Å². The summed E-state index contributed by atoms with van der Waals surface area (Å²) in [5.41, 5.74) is -0.940. The Morgan fingerprint density at radius 2 is 2.05 bits per heavy atom. The van der Waals surface area contributed by atoms with Crippen LogP contribution < -0.4 is 10.6 Å². The highest BCUT2D eigenvalue weighted by molar-refractivity contribution is 7.98. The van der Waals surface area contributed by atoms with Gasteiger partial charge in [0.1, 0.15) is 5.82 Å². The summed E-state index contributed by atoms with van der Waals surface area (Å²) in [7, 11) is 0. The van der Waals surface area contributed by atoms with Crippen molar-refractivity contribution >= 4 is 23.5 Å². The van der Waals surface area contributed by atoms with E-state index in [1.54, 1.807) is 11.8 Å². The van der Waals surface area contributed by atoms with E-state index >= 15 is 0 Å². The van der Waals surface area contributed by atoms with Crippen molar-refractivity contribution in [3.8, 4) is 0 Å². The van der Waals surface area contributed by atoms with Gasteiger partial charge in [0.05, 0.1) is 0 Å². The predicted molar refractivity (Wildman–Crippen MR) is 77.3 cm³/mol. The number of nitrogens with zero attached hydrogens (tertiary/aromatic N) is 2. The molecule has 0 spiro atoms. The molecule has 1 atom stereocenters. The van der Waals surface area contributed by atoms with E-state index in [9.17, 15) is 13.2 Å². The van der Waals surface area contributed by atoms with Crippen molar-refractivity contribution in [2.24, 2.45) is 0 Å². The fourth-order valence-electron chi connectivity index (χ4n) is 1.53. The number of alkyl halides is 3. The van der Waals surface area contributed by atoms with Crippen molar-refractivity contribution in [3.63, 3.8) is 0 Å². The van der Waals surface area contributed by atoms with Crippen LogP contribution in [0.4, 0.5) is 24.9 Å². The third kappa shape index (κ3) is 5.44. The first-order valence-electron chi connectivity index (χ1n) is 6.32. The number of aromatic nitrogens is 2. The van der Waals surface area contributed by atoms with Crippen LogP contribution in [-0.4, -0.2) is 34.6 Å². The molecule has 1 unspecified atom stereocenters. The van der Waals surface area contributed by atoms with E-state index in [0.717, 1.165) is 18.2 Å². The van der Waals surface area contributed by atoms with Crippen molar-refractivity contribution in [1.82, 2.24) is 9.97 Å². The fourth-order valence-corrected chi connectivity index (χ4v) is 2.11. The Labute approximate surface area is 121 Å². The van der Waals surface area contributed by atoms with Crippen molar-refractivity contribution in [3.05, 3.63) is 11.8 Å². The standard InChI is InChI=1S/C12H19F3N4S/c1-4-5-16-11-18-9(12(13,14)15)6-10(19-11)17-8(2)7-20-3/h6,8H,4-5,7H2,1-3H3,(H2,16,17,18,19). The Morgan fingerprint density at radius 3 is 2.60 bits per heavy atom. The lowest BCUT2D eigenvalue weighted by Crippen LogP contribution is -2.21. The molecule has 8 heteroatoms. The van der Waals surface area contributed by atoms with Gasteiger partial charge in [0.15, 0.2) is 5.69 Å². The maximum absolute atomic E-state index is 12.8. The molecular formula is C12H19F3N4S. The molecule has 4 nitrogen and oxygen atoms in total. The highest BCUT2D eigenvalue weighted by atomic mass is 32.2. The van der Waals surface area contributed by atoms with Crippen LogP contribution in [0.5, 0.6) is 0 Å². The van der Waals surface area contributed by atoms with Gasteiger partial charge in [-0.2, -0.15) is 29.9 Å². The number of hydrogen-bond donors (Lipinski definition) is 2. The third-order valence-corrected chi connectivity index (χ3v) is 3.19. The molecule has 0 radical (unpaired) electrons. The second-order valence-corrected chi connectivity index (χ2v) is 5.30. The number of halogens is 3. The molecule has 0 fully saturated rings. The SMILES string of the molecule is CCCNc1nc(NC(C)CSC)cc(C(F)(F)F)n1. The van der Waals surface area contributed by atoms with Crippen molar-refractivity contribution in [1.29, 1.82) is 0 Å². The number of thioether (sulfide) groups is 1. The number of rotatable bonds is 7. The zero-order valence-corrected chi connectivity index (χ0v) is 12.5. The summed E-state index contributed by atoms with van der Waals surface area (Å²) in [6, 6.07) is 0.966. The Morgan fingerprint density at radius 1 is 1.35 bits per heavy atom. The molecule has 0 aliphatic heterocycles. The molecule has 0 saturated carbocycles. The van der Waals surface area contributed by atoms with Crippen molar-refractivity contribution in [2.75, 3.05) is 29.2 Å². The van der Waals surface area contributed by atoms with E-state index < -0.39 is 11.9 Å². The molecule has 1 aromatic heterocycles. The second-order valence-electron chi connectivity index (χ2n) is 4.39. The Hall–Kier alpha value is -1.18. The van der Waals surface area contributed by atoms with E-state index in [1.165, 1.54) is 0 Å². The van der Waals surface area contributed by atoms with Gasteiger partial charge in [-0.1, -0.05) is 6.92 Å². The summed E-state index contributed by atoms with van der Waals surface area (Å²) in [5, 5.41) is 5.75. The topological polar surface area (TPSA) is 49.8 Å². The minimum atomic E-state index is -4.48. The Bertz CT molecular complexity index is 426. The minimum absolute atomic E-state index is 0.000488. The quantitative estimate of drug-likeness (QED) is 0.807. The molecule has 2 N–H and O–H groups in total. The van der Waals surface area contributed by atoms with Crippen molar-refractivity contribution < 1.29 is 13.2 Å². The van der Waals surface area contributed by atoms with E-state index in [-0.39, 0.29) is 17.8 Å². The first-order chi connectivity index (χ1) is 9.36. The third-order valence-electron chi connectivity index (χ3n) is 2.36. The molecule has 1 heterocycles. The highest BCUT2D eigenvalue weighted by Crippen LogP contribution is 2.29. The summed E-state index contributed by atoms with van der Waals surface area (Å²) in [6.45, 7) is 4.34. The Balaban J connectivity index is 2.97. The zero-order valence-electron chi connectivity index (χ0n) is 11.7. The van der Waals surface area contributed by atoms with E-state index in [4.69, 9.17) is 0 Å². The lowest BCUT2D eigenvalue weighted by atomic mass is 10.3. The van der Waals surface area contributed by atoms with E-state index in [1.807, 2.05) is 20.1 Å². The molecular weight excluding hydrogens is 289 g/mol. The van der Waals surface area contributed by atoms with Gasteiger partial charge in [0.25, 0.3) is 0 Å². The first-order valence-corrected chi connectivity index (χ1v) is 7.71. The number of anilines is 2. The monoisotopic (exact) mass is 308 g/mol.